The summed E-state index contributed by atoms with van der Waals surface area (Å²) in [6.45, 7) is 2.65. The van der Waals surface area contributed by atoms with E-state index in [1.807, 2.05) is 12.1 Å². The molecule has 1 heterocycles. The zero-order chi connectivity index (χ0) is 13.8. The number of anilines is 1. The maximum Gasteiger partial charge on any atom is 0.137 e. The van der Waals surface area contributed by atoms with E-state index in [-0.39, 0.29) is 6.61 Å². The highest BCUT2D eigenvalue weighted by atomic mass is 79.9. The van der Waals surface area contributed by atoms with Gasteiger partial charge in [-0.2, -0.15) is 0 Å². The average Bonchev–Trinajstić information content (AvgIpc) is 2.37. The summed E-state index contributed by atoms with van der Waals surface area (Å²) in [6, 6.07) is 3.95. The van der Waals surface area contributed by atoms with Crippen LogP contribution in [0.1, 0.15) is 19.2 Å². The van der Waals surface area contributed by atoms with Crippen LogP contribution in [0.4, 0.5) is 5.82 Å². The highest BCUT2D eigenvalue weighted by Crippen LogP contribution is 2.31. The number of aliphatic hydroxyl groups is 1. The molecule has 0 aliphatic heterocycles. The van der Waals surface area contributed by atoms with Crippen molar-refractivity contribution < 1.29 is 5.11 Å². The summed E-state index contributed by atoms with van der Waals surface area (Å²) in [7, 11) is 0. The molecular formula is C13H15Br2N3O. The number of benzene rings is 1. The molecule has 0 saturated heterocycles. The highest BCUT2D eigenvalue weighted by Gasteiger charge is 2.11. The minimum Gasteiger partial charge on any atom is -0.395 e. The van der Waals surface area contributed by atoms with Gasteiger partial charge in [0.05, 0.1) is 12.1 Å². The fraction of sp³-hybridized carbons (Fsp3) is 0.385. The Morgan fingerprint density at radius 2 is 2.05 bits per heavy atom. The first kappa shape index (κ1) is 14.7. The third kappa shape index (κ3) is 3.43. The first-order chi connectivity index (χ1) is 9.15. The topological polar surface area (TPSA) is 58.0 Å². The van der Waals surface area contributed by atoms with Crippen LogP contribution < -0.4 is 5.32 Å². The van der Waals surface area contributed by atoms with E-state index in [4.69, 9.17) is 5.11 Å². The van der Waals surface area contributed by atoms with Crippen molar-refractivity contribution in [3.63, 3.8) is 0 Å². The molecule has 2 N–H and O–H groups in total. The second kappa shape index (κ2) is 6.63. The Kier molecular flexibility index (Phi) is 5.13. The first-order valence-electron chi connectivity index (χ1n) is 6.16. The van der Waals surface area contributed by atoms with E-state index in [2.05, 4.69) is 54.1 Å². The van der Waals surface area contributed by atoms with E-state index in [0.717, 1.165) is 44.3 Å². The second-order valence-corrected chi connectivity index (χ2v) is 5.94. The number of hydrogen-bond acceptors (Lipinski definition) is 4. The van der Waals surface area contributed by atoms with Crippen LogP contribution in [0.15, 0.2) is 21.1 Å². The van der Waals surface area contributed by atoms with E-state index in [0.29, 0.717) is 6.54 Å². The lowest BCUT2D eigenvalue weighted by Crippen LogP contribution is -2.09. The van der Waals surface area contributed by atoms with Gasteiger partial charge in [0.15, 0.2) is 0 Å². The second-order valence-electron chi connectivity index (χ2n) is 4.17. The van der Waals surface area contributed by atoms with Crippen LogP contribution >= 0.6 is 31.9 Å². The van der Waals surface area contributed by atoms with Gasteiger partial charge in [-0.25, -0.2) is 9.97 Å². The molecule has 4 nitrogen and oxygen atoms in total. The molecule has 19 heavy (non-hydrogen) atoms. The van der Waals surface area contributed by atoms with E-state index in [9.17, 15) is 0 Å². The van der Waals surface area contributed by atoms with Gasteiger partial charge in [0, 0.05) is 27.3 Å². The van der Waals surface area contributed by atoms with Crippen LogP contribution in [0, 0.1) is 0 Å². The molecule has 0 bridgehead atoms. The summed E-state index contributed by atoms with van der Waals surface area (Å²) < 4.78 is 1.90. The molecule has 1 aromatic carbocycles. The van der Waals surface area contributed by atoms with Crippen LogP contribution in [-0.4, -0.2) is 28.2 Å². The van der Waals surface area contributed by atoms with Gasteiger partial charge in [-0.05, 0) is 34.5 Å². The average molecular weight is 389 g/mol. The van der Waals surface area contributed by atoms with Gasteiger partial charge in [0.2, 0.25) is 0 Å². The summed E-state index contributed by atoms with van der Waals surface area (Å²) in [4.78, 5) is 9.13. The molecule has 0 spiro atoms. The molecule has 0 amide bonds. The number of hydrogen-bond donors (Lipinski definition) is 2. The lowest BCUT2D eigenvalue weighted by Gasteiger charge is -2.11. The lowest BCUT2D eigenvalue weighted by atomic mass is 10.2. The molecule has 0 saturated carbocycles. The number of aryl methyl sites for hydroxylation is 1. The molecule has 0 atom stereocenters. The van der Waals surface area contributed by atoms with Crippen LogP contribution in [0.5, 0.6) is 0 Å². The minimum atomic E-state index is 0.0732. The molecular weight excluding hydrogens is 374 g/mol. The molecule has 0 aliphatic rings. The summed E-state index contributed by atoms with van der Waals surface area (Å²) in [5.41, 5.74) is 0.891. The van der Waals surface area contributed by atoms with Crippen molar-refractivity contribution in [3.05, 3.63) is 26.9 Å². The number of fused-ring (bicyclic) bond motifs is 1. The molecule has 6 heteroatoms. The third-order valence-electron chi connectivity index (χ3n) is 2.64. The Labute approximate surface area is 128 Å². The smallest absolute Gasteiger partial charge is 0.137 e. The van der Waals surface area contributed by atoms with Crippen molar-refractivity contribution >= 4 is 48.6 Å². The van der Waals surface area contributed by atoms with Crippen molar-refractivity contribution in [2.75, 3.05) is 18.5 Å². The van der Waals surface area contributed by atoms with Crippen LogP contribution in [0.3, 0.4) is 0 Å². The van der Waals surface area contributed by atoms with E-state index in [1.165, 1.54) is 0 Å². The summed E-state index contributed by atoms with van der Waals surface area (Å²) >= 11 is 7.01. The Morgan fingerprint density at radius 3 is 2.74 bits per heavy atom. The number of rotatable bonds is 5. The molecule has 2 aromatic rings. The molecule has 0 fully saturated rings. The lowest BCUT2D eigenvalue weighted by molar-refractivity contribution is 0.311. The standard InChI is InChI=1S/C13H15Br2N3O/c1-2-3-11-17-12-9(6-8(14)7-10(12)15)13(18-11)16-4-5-19/h6-7,19H,2-5H2,1H3,(H,16,17,18). The molecule has 0 aliphatic carbocycles. The zero-order valence-electron chi connectivity index (χ0n) is 10.6. The normalized spacial score (nSPS) is 10.9. The fourth-order valence-corrected chi connectivity index (χ4v) is 3.16. The van der Waals surface area contributed by atoms with Gasteiger partial charge in [-0.3, -0.25) is 0 Å². The van der Waals surface area contributed by atoms with E-state index in [1.54, 1.807) is 0 Å². The van der Waals surface area contributed by atoms with Crippen molar-refractivity contribution in [2.24, 2.45) is 0 Å². The van der Waals surface area contributed by atoms with Gasteiger partial charge in [-0.1, -0.05) is 22.9 Å². The van der Waals surface area contributed by atoms with Gasteiger partial charge in [0.1, 0.15) is 11.6 Å². The number of nitrogens with one attached hydrogen (secondary N) is 1. The third-order valence-corrected chi connectivity index (χ3v) is 3.71. The molecule has 0 radical (unpaired) electrons. The quantitative estimate of drug-likeness (QED) is 0.822. The Morgan fingerprint density at radius 1 is 1.26 bits per heavy atom. The van der Waals surface area contributed by atoms with Crippen LogP contribution in [0.2, 0.25) is 0 Å². The van der Waals surface area contributed by atoms with Crippen molar-refractivity contribution in [3.8, 4) is 0 Å². The summed E-state index contributed by atoms with van der Waals surface area (Å²) in [6.07, 6.45) is 1.84. The predicted molar refractivity (Wildman–Crippen MR) is 84.5 cm³/mol. The maximum atomic E-state index is 8.96. The number of halogens is 2. The number of nitrogens with zero attached hydrogens (tertiary/aromatic N) is 2. The van der Waals surface area contributed by atoms with E-state index < -0.39 is 0 Å². The maximum absolute atomic E-state index is 8.96. The van der Waals surface area contributed by atoms with Gasteiger partial charge in [-0.15, -0.1) is 0 Å². The van der Waals surface area contributed by atoms with Crippen LogP contribution in [-0.2, 0) is 6.42 Å². The van der Waals surface area contributed by atoms with E-state index >= 15 is 0 Å². The zero-order valence-corrected chi connectivity index (χ0v) is 13.8. The Bertz CT molecular complexity index is 590. The van der Waals surface area contributed by atoms with Crippen molar-refractivity contribution in [1.82, 2.24) is 9.97 Å². The van der Waals surface area contributed by atoms with Crippen molar-refractivity contribution in [1.29, 1.82) is 0 Å². The Hall–Kier alpha value is -0.720. The summed E-state index contributed by atoms with van der Waals surface area (Å²) in [5, 5.41) is 13.0. The summed E-state index contributed by atoms with van der Waals surface area (Å²) in [5.74, 6) is 1.59. The van der Waals surface area contributed by atoms with Gasteiger partial charge in [0.25, 0.3) is 0 Å². The first-order valence-corrected chi connectivity index (χ1v) is 7.74. The Balaban J connectivity index is 2.60. The monoisotopic (exact) mass is 387 g/mol. The van der Waals surface area contributed by atoms with Crippen LogP contribution in [0.25, 0.3) is 10.9 Å². The molecule has 0 unspecified atom stereocenters. The highest BCUT2D eigenvalue weighted by molar-refractivity contribution is 9.11. The fourth-order valence-electron chi connectivity index (χ4n) is 1.85. The van der Waals surface area contributed by atoms with Crippen molar-refractivity contribution in [2.45, 2.75) is 19.8 Å². The van der Waals surface area contributed by atoms with Gasteiger partial charge < -0.3 is 10.4 Å². The largest absolute Gasteiger partial charge is 0.395 e. The SMILES string of the molecule is CCCc1nc(NCCO)c2cc(Br)cc(Br)c2n1. The minimum absolute atomic E-state index is 0.0732. The number of aromatic nitrogens is 2. The number of aliphatic hydroxyl groups excluding tert-OH is 1. The molecule has 102 valence electrons. The predicted octanol–water partition coefficient (Wildman–Crippen LogP) is 3.51. The van der Waals surface area contributed by atoms with Gasteiger partial charge >= 0.3 is 0 Å². The molecule has 2 rings (SSSR count). The molecule has 1 aromatic heterocycles.